The van der Waals surface area contributed by atoms with Crippen molar-refractivity contribution in [1.82, 2.24) is 14.3 Å². The van der Waals surface area contributed by atoms with Gasteiger partial charge in [-0.15, -0.1) is 0 Å². The molecule has 0 fully saturated rings. The normalized spacial score (nSPS) is 14.0. The number of anilines is 1. The summed E-state index contributed by atoms with van der Waals surface area (Å²) >= 11 is 0. The van der Waals surface area contributed by atoms with Crippen molar-refractivity contribution in [2.45, 2.75) is 59.0 Å². The smallest absolute Gasteiger partial charge is 0.267 e. The number of aryl methyl sites for hydroxylation is 2. The van der Waals surface area contributed by atoms with E-state index in [2.05, 4.69) is 41.1 Å². The molecule has 6 heteroatoms. The molecule has 4 rings (SSSR count). The number of fused-ring (bicyclic) bond motifs is 2. The molecule has 1 amide bonds. The summed E-state index contributed by atoms with van der Waals surface area (Å²) in [6.45, 7) is 5.22. The van der Waals surface area contributed by atoms with Crippen molar-refractivity contribution in [2.24, 2.45) is 5.92 Å². The van der Waals surface area contributed by atoms with Gasteiger partial charge in [0.2, 0.25) is 5.91 Å². The highest BCUT2D eigenvalue weighted by molar-refractivity contribution is 6.01. The maximum Gasteiger partial charge on any atom is 0.267 e. The van der Waals surface area contributed by atoms with Crippen LogP contribution in [0, 0.1) is 5.92 Å². The van der Waals surface area contributed by atoms with Gasteiger partial charge in [0.05, 0.1) is 16.9 Å². The molecule has 0 radical (unpaired) electrons. The lowest BCUT2D eigenvalue weighted by Gasteiger charge is -2.12. The summed E-state index contributed by atoms with van der Waals surface area (Å²) in [6.07, 6.45) is 7.17. The molecule has 2 heterocycles. The summed E-state index contributed by atoms with van der Waals surface area (Å²) in [6, 6.07) is 9.59. The van der Waals surface area contributed by atoms with Gasteiger partial charge in [0.25, 0.3) is 5.56 Å². The number of carbonyl (C=O) groups is 1. The number of carbonyl (C=O) groups excluding carboxylic acids is 1. The Bertz CT molecular complexity index is 1090. The van der Waals surface area contributed by atoms with E-state index in [1.165, 1.54) is 4.68 Å². The Balaban J connectivity index is 1.54. The summed E-state index contributed by atoms with van der Waals surface area (Å²) in [5.41, 5.74) is 3.65. The highest BCUT2D eigenvalue weighted by Crippen LogP contribution is 2.25. The van der Waals surface area contributed by atoms with Gasteiger partial charge in [-0.2, -0.15) is 5.10 Å². The largest absolute Gasteiger partial charge is 0.347 e. The van der Waals surface area contributed by atoms with Crippen molar-refractivity contribution in [3.63, 3.8) is 0 Å². The van der Waals surface area contributed by atoms with Gasteiger partial charge in [0.15, 0.2) is 0 Å². The van der Waals surface area contributed by atoms with Crippen LogP contribution in [0.15, 0.2) is 41.3 Å². The van der Waals surface area contributed by atoms with Gasteiger partial charge < -0.3 is 9.88 Å². The summed E-state index contributed by atoms with van der Waals surface area (Å²) in [5.74, 6) is 0.298. The minimum Gasteiger partial charge on any atom is -0.347 e. The average Bonchev–Trinajstić information content (AvgIpc) is 2.93. The van der Waals surface area contributed by atoms with Gasteiger partial charge in [-0.3, -0.25) is 9.59 Å². The van der Waals surface area contributed by atoms with Gasteiger partial charge in [-0.25, -0.2) is 4.68 Å². The Kier molecular flexibility index (Phi) is 5.51. The second-order valence-corrected chi connectivity index (χ2v) is 8.32. The molecule has 0 aliphatic heterocycles. The summed E-state index contributed by atoms with van der Waals surface area (Å²) in [5, 5.41) is 8.46. The first-order valence-corrected chi connectivity index (χ1v) is 10.5. The van der Waals surface area contributed by atoms with Crippen LogP contribution in [0.25, 0.3) is 10.9 Å². The minimum absolute atomic E-state index is 0.0742. The number of nitrogens with one attached hydrogen (secondary N) is 1. The van der Waals surface area contributed by atoms with E-state index in [9.17, 15) is 9.59 Å². The molecule has 1 N–H and O–H groups in total. The van der Waals surface area contributed by atoms with Crippen LogP contribution in [0.3, 0.4) is 0 Å². The molecule has 2 aromatic heterocycles. The van der Waals surface area contributed by atoms with Gasteiger partial charge in [-0.1, -0.05) is 26.3 Å². The molecule has 1 aromatic carbocycles. The van der Waals surface area contributed by atoms with E-state index in [1.807, 2.05) is 18.2 Å². The van der Waals surface area contributed by atoms with Gasteiger partial charge in [0.1, 0.15) is 6.54 Å². The van der Waals surface area contributed by atoms with Crippen LogP contribution < -0.4 is 10.9 Å². The molecule has 0 spiro atoms. The standard InChI is InChI=1S/C23H28N4O2/c1-16(2)14-26-12-11-18-20(9-6-10-21(18)26)24-22(28)15-27-23(29)13-17-7-4-3-5-8-19(17)25-27/h6,9-13,16H,3-5,7-8,14-15H2,1-2H3,(H,24,28). The van der Waals surface area contributed by atoms with Crippen LogP contribution in [0.1, 0.15) is 44.4 Å². The van der Waals surface area contributed by atoms with E-state index in [-0.39, 0.29) is 18.0 Å². The molecule has 0 saturated carbocycles. The zero-order chi connectivity index (χ0) is 20.4. The third-order valence-electron chi connectivity index (χ3n) is 5.47. The molecule has 3 aromatic rings. The Morgan fingerprint density at radius 3 is 2.83 bits per heavy atom. The summed E-state index contributed by atoms with van der Waals surface area (Å²) in [4.78, 5) is 25.1. The number of rotatable bonds is 5. The third-order valence-corrected chi connectivity index (χ3v) is 5.47. The van der Waals surface area contributed by atoms with E-state index in [0.29, 0.717) is 5.92 Å². The highest BCUT2D eigenvalue weighted by Gasteiger charge is 2.15. The summed E-state index contributed by atoms with van der Waals surface area (Å²) < 4.78 is 3.50. The zero-order valence-corrected chi connectivity index (χ0v) is 17.1. The zero-order valence-electron chi connectivity index (χ0n) is 17.1. The molecule has 1 aliphatic rings. The molecular formula is C23H28N4O2. The Labute approximate surface area is 170 Å². The van der Waals surface area contributed by atoms with Crippen LogP contribution in [0.4, 0.5) is 5.69 Å². The first kappa shape index (κ1) is 19.4. The number of nitrogens with zero attached hydrogens (tertiary/aromatic N) is 3. The fourth-order valence-electron chi connectivity index (χ4n) is 4.10. The molecular weight excluding hydrogens is 364 g/mol. The number of aromatic nitrogens is 3. The average molecular weight is 393 g/mol. The van der Waals surface area contributed by atoms with Crippen molar-refractivity contribution < 1.29 is 4.79 Å². The molecule has 0 saturated heterocycles. The Hall–Kier alpha value is -2.89. The van der Waals surface area contributed by atoms with Crippen LogP contribution >= 0.6 is 0 Å². The fourth-order valence-corrected chi connectivity index (χ4v) is 4.10. The fraction of sp³-hybridized carbons (Fsp3) is 0.435. The summed E-state index contributed by atoms with van der Waals surface area (Å²) in [7, 11) is 0. The predicted octanol–water partition coefficient (Wildman–Crippen LogP) is 3.76. The van der Waals surface area contributed by atoms with Gasteiger partial charge in [-0.05, 0) is 55.4 Å². The lowest BCUT2D eigenvalue weighted by Crippen LogP contribution is -2.30. The minimum atomic E-state index is -0.239. The monoisotopic (exact) mass is 392 g/mol. The third kappa shape index (κ3) is 4.26. The highest BCUT2D eigenvalue weighted by atomic mass is 16.2. The van der Waals surface area contributed by atoms with Crippen molar-refractivity contribution >= 4 is 22.5 Å². The van der Waals surface area contributed by atoms with Crippen molar-refractivity contribution in [3.05, 3.63) is 58.1 Å². The predicted molar refractivity (Wildman–Crippen MR) is 115 cm³/mol. The molecule has 0 bridgehead atoms. The molecule has 1 aliphatic carbocycles. The number of benzene rings is 1. The van der Waals surface area contributed by atoms with E-state index in [1.54, 1.807) is 6.07 Å². The molecule has 0 unspecified atom stereocenters. The molecule has 6 nitrogen and oxygen atoms in total. The van der Waals surface area contributed by atoms with Crippen LogP contribution in [0.5, 0.6) is 0 Å². The lowest BCUT2D eigenvalue weighted by molar-refractivity contribution is -0.117. The topological polar surface area (TPSA) is 68.9 Å². The Morgan fingerprint density at radius 2 is 2.00 bits per heavy atom. The van der Waals surface area contributed by atoms with Gasteiger partial charge >= 0.3 is 0 Å². The quantitative estimate of drug-likeness (QED) is 0.672. The van der Waals surface area contributed by atoms with Crippen molar-refractivity contribution in [1.29, 1.82) is 0 Å². The van der Waals surface area contributed by atoms with E-state index in [0.717, 1.165) is 66.5 Å². The van der Waals surface area contributed by atoms with Crippen molar-refractivity contribution in [3.8, 4) is 0 Å². The second-order valence-electron chi connectivity index (χ2n) is 8.32. The molecule has 0 atom stereocenters. The first-order valence-electron chi connectivity index (χ1n) is 10.5. The van der Waals surface area contributed by atoms with E-state index in [4.69, 9.17) is 0 Å². The number of amides is 1. The van der Waals surface area contributed by atoms with E-state index >= 15 is 0 Å². The maximum absolute atomic E-state index is 12.7. The van der Waals surface area contributed by atoms with Crippen LogP contribution in [0.2, 0.25) is 0 Å². The van der Waals surface area contributed by atoms with Gasteiger partial charge in [0, 0.05) is 24.2 Å². The maximum atomic E-state index is 12.7. The first-order chi connectivity index (χ1) is 14.0. The number of hydrogen-bond donors (Lipinski definition) is 1. The number of hydrogen-bond acceptors (Lipinski definition) is 3. The molecule has 29 heavy (non-hydrogen) atoms. The Morgan fingerprint density at radius 1 is 1.17 bits per heavy atom. The lowest BCUT2D eigenvalue weighted by atomic mass is 10.1. The SMILES string of the molecule is CC(C)Cn1ccc2c(NC(=O)Cn3nc4c(cc3=O)CCCCC4)cccc21. The van der Waals surface area contributed by atoms with Crippen LogP contribution in [-0.4, -0.2) is 20.3 Å². The van der Waals surface area contributed by atoms with Crippen molar-refractivity contribution in [2.75, 3.05) is 5.32 Å². The second kappa shape index (κ2) is 8.23. The van der Waals surface area contributed by atoms with E-state index < -0.39 is 0 Å². The van der Waals surface area contributed by atoms with Crippen LogP contribution in [-0.2, 0) is 30.7 Å². The molecule has 152 valence electrons.